The number of nitrogens with two attached hydrogens (primary N) is 1. The molecule has 0 saturated carbocycles. The Bertz CT molecular complexity index is 684. The maximum Gasteiger partial charge on any atom is 0.345 e. The average Bonchev–Trinajstić information content (AvgIpc) is 3.25. The van der Waals surface area contributed by atoms with E-state index < -0.39 is 12.5 Å². The van der Waals surface area contributed by atoms with E-state index >= 15 is 0 Å². The number of primary amides is 1. The van der Waals surface area contributed by atoms with Gasteiger partial charge >= 0.3 is 6.61 Å². The number of H-pyrrole nitrogens is 1. The number of aromatic amines is 1. The predicted molar refractivity (Wildman–Crippen MR) is 91.5 cm³/mol. The average molecular weight is 369 g/mol. The molecule has 10 heteroatoms. The largest absolute Gasteiger partial charge is 0.371 e. The van der Waals surface area contributed by atoms with Crippen LogP contribution in [0.5, 0.6) is 0 Å². The van der Waals surface area contributed by atoms with Crippen LogP contribution in [0.1, 0.15) is 28.9 Å². The molecule has 2 rings (SSSR count). The van der Waals surface area contributed by atoms with Crippen molar-refractivity contribution in [1.82, 2.24) is 15.1 Å². The summed E-state index contributed by atoms with van der Waals surface area (Å²) in [4.78, 5) is 23.6. The van der Waals surface area contributed by atoms with E-state index in [9.17, 15) is 18.4 Å². The number of carbonyl (C=O) groups excluding carboxylic acids is 2. The molecule has 4 N–H and O–H groups in total. The maximum absolute atomic E-state index is 11.8. The van der Waals surface area contributed by atoms with Gasteiger partial charge in [0.15, 0.2) is 5.82 Å². The van der Waals surface area contributed by atoms with E-state index in [0.717, 1.165) is 6.42 Å². The Hall–Kier alpha value is -2.93. The molecular formula is C16H21F2N5O3. The summed E-state index contributed by atoms with van der Waals surface area (Å²) in [5.74, 6) is 1.83. The van der Waals surface area contributed by atoms with Crippen LogP contribution >= 0.6 is 0 Å². The Labute approximate surface area is 149 Å². The topological polar surface area (TPSA) is 113 Å². The highest BCUT2D eigenvalue weighted by atomic mass is 19.3. The number of aromatic nitrogens is 2. The van der Waals surface area contributed by atoms with Gasteiger partial charge in [0.1, 0.15) is 11.3 Å². The van der Waals surface area contributed by atoms with E-state index in [1.165, 1.54) is 11.0 Å². The highest BCUT2D eigenvalue weighted by Gasteiger charge is 2.28. The molecule has 142 valence electrons. The first-order valence-electron chi connectivity index (χ1n) is 7.71. The van der Waals surface area contributed by atoms with Crippen LogP contribution in [0.3, 0.4) is 0 Å². The smallest absolute Gasteiger partial charge is 0.345 e. The summed E-state index contributed by atoms with van der Waals surface area (Å²) in [5.41, 5.74) is 5.60. The fourth-order valence-electron chi connectivity index (χ4n) is 2.47. The number of nitrogens with zero attached hydrogens (tertiary/aromatic N) is 2. The second-order valence-corrected chi connectivity index (χ2v) is 5.21. The number of amides is 2. The van der Waals surface area contributed by atoms with Gasteiger partial charge in [0.05, 0.1) is 12.6 Å². The van der Waals surface area contributed by atoms with E-state index in [2.05, 4.69) is 32.8 Å². The monoisotopic (exact) mass is 369 g/mol. The molecule has 0 radical (unpaired) electrons. The number of anilines is 1. The van der Waals surface area contributed by atoms with E-state index in [-0.39, 0.29) is 24.1 Å². The Morgan fingerprint density at radius 1 is 1.65 bits per heavy atom. The number of likely N-dealkylation sites (tertiary alicyclic amines) is 1. The van der Waals surface area contributed by atoms with Crippen LogP contribution in [0.15, 0.2) is 12.7 Å². The molecular weight excluding hydrogens is 348 g/mol. The van der Waals surface area contributed by atoms with Crippen molar-refractivity contribution in [2.24, 2.45) is 5.73 Å². The minimum Gasteiger partial charge on any atom is -0.371 e. The number of terminal acetylenes is 1. The molecule has 1 aromatic rings. The number of halogens is 2. The number of carbonyl (C=O) groups is 2. The van der Waals surface area contributed by atoms with Crippen LogP contribution in [-0.2, 0) is 9.53 Å². The molecule has 1 aromatic heterocycles. The fraction of sp³-hybridized carbons (Fsp3) is 0.438. The second-order valence-electron chi connectivity index (χ2n) is 5.21. The van der Waals surface area contributed by atoms with Crippen LogP contribution in [0.4, 0.5) is 14.6 Å². The lowest BCUT2D eigenvalue weighted by molar-refractivity contribution is -0.146. The highest BCUT2D eigenvalue weighted by Crippen LogP contribution is 2.18. The number of rotatable bonds is 6. The first-order chi connectivity index (χ1) is 12.3. The number of alkyl halides is 2. The molecule has 1 aliphatic heterocycles. The molecule has 1 aliphatic rings. The van der Waals surface area contributed by atoms with E-state index in [0.29, 0.717) is 24.5 Å². The van der Waals surface area contributed by atoms with Crippen molar-refractivity contribution in [2.75, 3.05) is 25.5 Å². The lowest BCUT2D eigenvalue weighted by Crippen LogP contribution is -2.37. The Balaban J connectivity index is 0.000000263. The molecule has 2 amide bonds. The van der Waals surface area contributed by atoms with Gasteiger partial charge in [-0.3, -0.25) is 14.7 Å². The molecule has 0 bridgehead atoms. The van der Waals surface area contributed by atoms with Gasteiger partial charge in [0.2, 0.25) is 5.91 Å². The molecule has 1 saturated heterocycles. The molecule has 0 aliphatic carbocycles. The Morgan fingerprint density at radius 2 is 2.35 bits per heavy atom. The summed E-state index contributed by atoms with van der Waals surface area (Å²) in [7, 11) is 1.63. The first kappa shape index (κ1) is 21.1. The third-order valence-electron chi connectivity index (χ3n) is 3.64. The summed E-state index contributed by atoms with van der Waals surface area (Å²) in [6.45, 7) is 1.09. The van der Waals surface area contributed by atoms with E-state index in [1.54, 1.807) is 7.05 Å². The Morgan fingerprint density at radius 3 is 2.85 bits per heavy atom. The molecule has 1 atom stereocenters. The van der Waals surface area contributed by atoms with Crippen LogP contribution in [0.25, 0.3) is 0 Å². The van der Waals surface area contributed by atoms with Gasteiger partial charge in [-0.15, -0.1) is 6.42 Å². The second kappa shape index (κ2) is 10.1. The van der Waals surface area contributed by atoms with E-state index in [1.807, 2.05) is 0 Å². The number of ether oxygens (including phenoxy) is 1. The number of hydrogen-bond donors (Lipinski definition) is 3. The third kappa shape index (κ3) is 5.56. The fourth-order valence-corrected chi connectivity index (χ4v) is 2.47. The van der Waals surface area contributed by atoms with Gasteiger partial charge in [0.25, 0.3) is 5.91 Å². The molecule has 2 heterocycles. The zero-order valence-electron chi connectivity index (χ0n) is 14.3. The van der Waals surface area contributed by atoms with Gasteiger partial charge in [0, 0.05) is 13.6 Å². The normalized spacial score (nSPS) is 15.8. The van der Waals surface area contributed by atoms with Crippen molar-refractivity contribution in [3.8, 4) is 12.3 Å². The lowest BCUT2D eigenvalue weighted by atomic mass is 10.2. The third-order valence-corrected chi connectivity index (χ3v) is 3.64. The minimum atomic E-state index is -2.77. The van der Waals surface area contributed by atoms with Crippen molar-refractivity contribution in [3.05, 3.63) is 23.9 Å². The number of hydrogen-bond acceptors (Lipinski definition) is 5. The van der Waals surface area contributed by atoms with Crippen LogP contribution in [0.2, 0.25) is 0 Å². The summed E-state index contributed by atoms with van der Waals surface area (Å²) < 4.78 is 27.7. The van der Waals surface area contributed by atoms with Crippen molar-refractivity contribution >= 4 is 17.6 Å². The molecule has 1 fully saturated rings. The summed E-state index contributed by atoms with van der Waals surface area (Å²) in [6, 6.07) is -0.227. The molecule has 0 aromatic carbocycles. The van der Waals surface area contributed by atoms with Gasteiger partial charge in [-0.05, 0) is 24.8 Å². The van der Waals surface area contributed by atoms with Crippen molar-refractivity contribution in [2.45, 2.75) is 25.5 Å². The SMILES string of the molecule is C#Cc1[nH]nc(NC)c1C(N)=O.C=CC(=O)N1CCCC1COC(F)F. The van der Waals surface area contributed by atoms with Gasteiger partial charge < -0.3 is 20.7 Å². The van der Waals surface area contributed by atoms with Gasteiger partial charge in [-0.2, -0.15) is 13.9 Å². The quantitative estimate of drug-likeness (QED) is 0.510. The van der Waals surface area contributed by atoms with Gasteiger partial charge in [-0.25, -0.2) is 0 Å². The van der Waals surface area contributed by atoms with E-state index in [4.69, 9.17) is 12.2 Å². The van der Waals surface area contributed by atoms with Crippen molar-refractivity contribution in [3.63, 3.8) is 0 Å². The standard InChI is InChI=1S/C9H13F2NO2.C7H8N4O/c1-2-8(13)12-5-3-4-7(12)6-14-9(10)11;1-3-4-5(6(8)12)7(9-2)11-10-4/h2,7,9H,1,3-6H2;1H,2H3,(H2,8,12)(H2,9,10,11). The summed E-state index contributed by atoms with van der Waals surface area (Å²) in [6.07, 6.45) is 7.84. The molecule has 8 nitrogen and oxygen atoms in total. The highest BCUT2D eigenvalue weighted by molar-refractivity contribution is 5.99. The predicted octanol–water partition coefficient (Wildman–Crippen LogP) is 0.934. The maximum atomic E-state index is 11.8. The number of nitrogens with one attached hydrogen (secondary N) is 2. The van der Waals surface area contributed by atoms with Crippen LogP contribution < -0.4 is 11.1 Å². The first-order valence-corrected chi connectivity index (χ1v) is 7.71. The zero-order valence-corrected chi connectivity index (χ0v) is 14.3. The summed E-state index contributed by atoms with van der Waals surface area (Å²) in [5, 5.41) is 8.95. The lowest BCUT2D eigenvalue weighted by Gasteiger charge is -2.22. The van der Waals surface area contributed by atoms with Gasteiger partial charge in [-0.1, -0.05) is 6.58 Å². The molecule has 26 heavy (non-hydrogen) atoms. The molecule has 1 unspecified atom stereocenters. The minimum absolute atomic E-state index is 0.1000. The van der Waals surface area contributed by atoms with Crippen LogP contribution in [-0.4, -0.2) is 59.8 Å². The van der Waals surface area contributed by atoms with Crippen molar-refractivity contribution in [1.29, 1.82) is 0 Å². The summed E-state index contributed by atoms with van der Waals surface area (Å²) >= 11 is 0. The Kier molecular flexibility index (Phi) is 8.24. The zero-order chi connectivity index (χ0) is 19.7. The molecule has 0 spiro atoms. The van der Waals surface area contributed by atoms with Crippen molar-refractivity contribution < 1.29 is 23.1 Å². The van der Waals surface area contributed by atoms with Crippen LogP contribution in [0, 0.1) is 12.3 Å².